The van der Waals surface area contributed by atoms with Gasteiger partial charge in [0.2, 0.25) is 5.91 Å². The molecule has 1 heterocycles. The first kappa shape index (κ1) is 17.5. The summed E-state index contributed by atoms with van der Waals surface area (Å²) in [5.41, 5.74) is 0.437. The molecule has 8 nitrogen and oxygen atoms in total. The predicted molar refractivity (Wildman–Crippen MR) is 85.3 cm³/mol. The van der Waals surface area contributed by atoms with Crippen LogP contribution < -0.4 is 10.6 Å². The third kappa shape index (κ3) is 3.53. The largest absolute Gasteiger partial charge is 0.465 e. The van der Waals surface area contributed by atoms with E-state index < -0.39 is 36.4 Å². The van der Waals surface area contributed by atoms with Crippen LogP contribution in [0.15, 0.2) is 24.3 Å². The summed E-state index contributed by atoms with van der Waals surface area (Å²) in [5, 5.41) is 5.07. The SMILES string of the molecule is COC(=O)c1ccccc1NC(=O)CN1C(=O)N[C@@H](C(C)C)C1=O. The van der Waals surface area contributed by atoms with Crippen molar-refractivity contribution in [3.8, 4) is 0 Å². The van der Waals surface area contributed by atoms with Crippen LogP contribution in [0.4, 0.5) is 10.5 Å². The Balaban J connectivity index is 2.08. The van der Waals surface area contributed by atoms with Crippen molar-refractivity contribution in [1.82, 2.24) is 10.2 Å². The molecule has 0 spiro atoms. The van der Waals surface area contributed by atoms with Crippen molar-refractivity contribution in [3.05, 3.63) is 29.8 Å². The number of hydrogen-bond donors (Lipinski definition) is 2. The summed E-state index contributed by atoms with van der Waals surface area (Å²) in [7, 11) is 1.24. The molecule has 1 aliphatic heterocycles. The minimum Gasteiger partial charge on any atom is -0.465 e. The lowest BCUT2D eigenvalue weighted by atomic mass is 10.1. The van der Waals surface area contributed by atoms with Crippen LogP contribution in [0.1, 0.15) is 24.2 Å². The summed E-state index contributed by atoms with van der Waals surface area (Å²) in [6, 6.07) is 5.08. The van der Waals surface area contributed by atoms with E-state index in [0.29, 0.717) is 0 Å². The van der Waals surface area contributed by atoms with Gasteiger partial charge in [0, 0.05) is 0 Å². The van der Waals surface area contributed by atoms with E-state index in [1.165, 1.54) is 19.2 Å². The van der Waals surface area contributed by atoms with Crippen LogP contribution in [0.3, 0.4) is 0 Å². The minimum atomic E-state index is -0.632. The average molecular weight is 333 g/mol. The zero-order chi connectivity index (χ0) is 17.9. The molecule has 2 rings (SSSR count). The number of esters is 1. The number of nitrogens with zero attached hydrogens (tertiary/aromatic N) is 1. The van der Waals surface area contributed by atoms with E-state index in [1.807, 2.05) is 0 Å². The molecule has 4 amide bonds. The fourth-order valence-corrected chi connectivity index (χ4v) is 2.36. The summed E-state index contributed by atoms with van der Waals surface area (Å²) >= 11 is 0. The Morgan fingerprint density at radius 1 is 1.29 bits per heavy atom. The second-order valence-electron chi connectivity index (χ2n) is 5.68. The Hall–Kier alpha value is -2.90. The van der Waals surface area contributed by atoms with Gasteiger partial charge in [0.1, 0.15) is 12.6 Å². The van der Waals surface area contributed by atoms with Gasteiger partial charge in [-0.05, 0) is 18.1 Å². The zero-order valence-electron chi connectivity index (χ0n) is 13.7. The number of nitrogens with one attached hydrogen (secondary N) is 2. The number of carbonyl (C=O) groups is 4. The van der Waals surface area contributed by atoms with Crippen LogP contribution in [0.25, 0.3) is 0 Å². The lowest BCUT2D eigenvalue weighted by Crippen LogP contribution is -2.39. The van der Waals surface area contributed by atoms with Crippen LogP contribution in [0.2, 0.25) is 0 Å². The van der Waals surface area contributed by atoms with E-state index in [1.54, 1.807) is 26.0 Å². The molecule has 0 bridgehead atoms. The zero-order valence-corrected chi connectivity index (χ0v) is 13.7. The van der Waals surface area contributed by atoms with E-state index in [2.05, 4.69) is 15.4 Å². The maximum atomic E-state index is 12.2. The van der Waals surface area contributed by atoms with Crippen molar-refractivity contribution < 1.29 is 23.9 Å². The summed E-state index contributed by atoms with van der Waals surface area (Å²) in [5.74, 6) is -1.69. The van der Waals surface area contributed by atoms with Gasteiger partial charge >= 0.3 is 12.0 Å². The summed E-state index contributed by atoms with van der Waals surface area (Å²) in [6.45, 7) is 3.18. The lowest BCUT2D eigenvalue weighted by molar-refractivity contribution is -0.131. The van der Waals surface area contributed by atoms with Crippen molar-refractivity contribution in [2.75, 3.05) is 19.0 Å². The van der Waals surface area contributed by atoms with Crippen LogP contribution in [0, 0.1) is 5.92 Å². The standard InChI is InChI=1S/C16H19N3O5/c1-9(2)13-14(21)19(16(23)18-13)8-12(20)17-11-7-5-4-6-10(11)15(22)24-3/h4-7,9,13H,8H2,1-3H3,(H,17,20)(H,18,23)/t13-/m0/s1. The maximum Gasteiger partial charge on any atom is 0.339 e. The molecule has 1 aromatic carbocycles. The molecule has 8 heteroatoms. The quantitative estimate of drug-likeness (QED) is 0.617. The molecule has 0 saturated carbocycles. The molecule has 24 heavy (non-hydrogen) atoms. The summed E-state index contributed by atoms with van der Waals surface area (Å²) in [4.78, 5) is 48.7. The summed E-state index contributed by atoms with van der Waals surface area (Å²) < 4.78 is 4.65. The van der Waals surface area contributed by atoms with E-state index in [-0.39, 0.29) is 17.2 Å². The highest BCUT2D eigenvalue weighted by atomic mass is 16.5. The fraction of sp³-hybridized carbons (Fsp3) is 0.375. The van der Waals surface area contributed by atoms with Gasteiger partial charge in [0.15, 0.2) is 0 Å². The number of amides is 4. The fourth-order valence-electron chi connectivity index (χ4n) is 2.36. The van der Waals surface area contributed by atoms with Gasteiger partial charge in [-0.25, -0.2) is 9.59 Å². The number of rotatable bonds is 5. The van der Waals surface area contributed by atoms with Crippen LogP contribution in [0.5, 0.6) is 0 Å². The third-order valence-corrected chi connectivity index (χ3v) is 3.63. The normalized spacial score (nSPS) is 17.0. The number of ether oxygens (including phenoxy) is 1. The minimum absolute atomic E-state index is 0.0745. The number of benzene rings is 1. The van der Waals surface area contributed by atoms with Crippen LogP contribution in [-0.4, -0.2) is 48.4 Å². The highest BCUT2D eigenvalue weighted by Crippen LogP contribution is 2.17. The molecule has 1 fully saturated rings. The number of anilines is 1. The number of hydrogen-bond acceptors (Lipinski definition) is 5. The van der Waals surface area contributed by atoms with Crippen molar-refractivity contribution >= 4 is 29.5 Å². The topological polar surface area (TPSA) is 105 Å². The number of carbonyl (C=O) groups excluding carboxylic acids is 4. The summed E-state index contributed by atoms with van der Waals surface area (Å²) in [6.07, 6.45) is 0. The van der Waals surface area contributed by atoms with Crippen LogP contribution >= 0.6 is 0 Å². The maximum absolute atomic E-state index is 12.2. The molecule has 128 valence electrons. The average Bonchev–Trinajstić information content (AvgIpc) is 2.83. The molecule has 0 aliphatic carbocycles. The van der Waals surface area contributed by atoms with Gasteiger partial charge < -0.3 is 15.4 Å². The van der Waals surface area contributed by atoms with Gasteiger partial charge in [-0.2, -0.15) is 0 Å². The molecule has 0 radical (unpaired) electrons. The van der Waals surface area contributed by atoms with Crippen molar-refractivity contribution in [1.29, 1.82) is 0 Å². The molecule has 1 atom stereocenters. The Labute approximate surface area is 139 Å². The second-order valence-corrected chi connectivity index (χ2v) is 5.68. The molecular weight excluding hydrogens is 314 g/mol. The van der Waals surface area contributed by atoms with Gasteiger partial charge in [0.05, 0.1) is 18.4 Å². The molecule has 0 aromatic heterocycles. The smallest absolute Gasteiger partial charge is 0.339 e. The number of para-hydroxylation sites is 1. The van der Waals surface area contributed by atoms with Crippen molar-refractivity contribution in [2.45, 2.75) is 19.9 Å². The van der Waals surface area contributed by atoms with Crippen LogP contribution in [-0.2, 0) is 14.3 Å². The molecule has 2 N–H and O–H groups in total. The molecule has 1 saturated heterocycles. The van der Waals surface area contributed by atoms with E-state index in [0.717, 1.165) is 4.90 Å². The molecule has 0 unspecified atom stereocenters. The van der Waals surface area contributed by atoms with E-state index in [9.17, 15) is 19.2 Å². The van der Waals surface area contributed by atoms with Crippen molar-refractivity contribution in [2.24, 2.45) is 5.92 Å². The Kier molecular flexibility index (Phi) is 5.18. The first-order valence-electron chi connectivity index (χ1n) is 7.44. The van der Waals surface area contributed by atoms with E-state index in [4.69, 9.17) is 0 Å². The Morgan fingerprint density at radius 2 is 1.96 bits per heavy atom. The first-order chi connectivity index (χ1) is 11.3. The highest BCUT2D eigenvalue weighted by molar-refractivity contribution is 6.09. The number of methoxy groups -OCH3 is 1. The molecular formula is C16H19N3O5. The molecule has 1 aliphatic rings. The van der Waals surface area contributed by atoms with E-state index >= 15 is 0 Å². The van der Waals surface area contributed by atoms with Gasteiger partial charge in [-0.1, -0.05) is 26.0 Å². The number of imide groups is 1. The Morgan fingerprint density at radius 3 is 2.54 bits per heavy atom. The highest BCUT2D eigenvalue weighted by Gasteiger charge is 2.40. The van der Waals surface area contributed by atoms with Gasteiger partial charge in [0.25, 0.3) is 5.91 Å². The van der Waals surface area contributed by atoms with Gasteiger partial charge in [-0.3, -0.25) is 14.5 Å². The van der Waals surface area contributed by atoms with Gasteiger partial charge in [-0.15, -0.1) is 0 Å². The number of urea groups is 1. The third-order valence-electron chi connectivity index (χ3n) is 3.63. The lowest BCUT2D eigenvalue weighted by Gasteiger charge is -2.15. The second kappa shape index (κ2) is 7.12. The predicted octanol–water partition coefficient (Wildman–Crippen LogP) is 0.988. The molecule has 1 aromatic rings. The first-order valence-corrected chi connectivity index (χ1v) is 7.44. The Bertz CT molecular complexity index is 686. The van der Waals surface area contributed by atoms with Crippen molar-refractivity contribution in [3.63, 3.8) is 0 Å². The monoisotopic (exact) mass is 333 g/mol.